The van der Waals surface area contributed by atoms with Crippen LogP contribution in [0, 0.1) is 0 Å². The number of nitrogen functional groups attached to an aromatic ring is 1. The summed E-state index contributed by atoms with van der Waals surface area (Å²) in [6, 6.07) is 16.0. The Labute approximate surface area is 180 Å². The Morgan fingerprint density at radius 3 is 2.31 bits per heavy atom. The topological polar surface area (TPSA) is 93.4 Å². The summed E-state index contributed by atoms with van der Waals surface area (Å²) in [5.74, 6) is -0.0955. The summed E-state index contributed by atoms with van der Waals surface area (Å²) in [6.07, 6.45) is -1.42. The number of fused-ring (bicyclic) bond motifs is 1. The van der Waals surface area contributed by atoms with Gasteiger partial charge in [0.2, 0.25) is 0 Å². The molecule has 5 aromatic rings. The molecule has 0 fully saturated rings. The first-order valence-corrected chi connectivity index (χ1v) is 9.61. The molecule has 0 saturated carbocycles. The molecule has 0 unspecified atom stereocenters. The molecule has 9 heteroatoms. The second kappa shape index (κ2) is 7.45. The van der Waals surface area contributed by atoms with Crippen molar-refractivity contribution in [2.45, 2.75) is 6.18 Å². The fourth-order valence-corrected chi connectivity index (χ4v) is 3.63. The SMILES string of the molecule is Nc1nc(-c2ccccc2C(F)(F)F)nc(-c2ccncc2)c1-c1n[nH]c2ccccc12. The Balaban J connectivity index is 1.81. The van der Waals surface area contributed by atoms with Crippen molar-refractivity contribution >= 4 is 16.7 Å². The third-order valence-electron chi connectivity index (χ3n) is 5.07. The Bertz CT molecular complexity index is 1430. The zero-order valence-corrected chi connectivity index (χ0v) is 16.4. The van der Waals surface area contributed by atoms with Crippen LogP contribution in [0.3, 0.4) is 0 Å². The van der Waals surface area contributed by atoms with Crippen molar-refractivity contribution in [2.75, 3.05) is 5.73 Å². The Hall–Kier alpha value is -4.27. The zero-order chi connectivity index (χ0) is 22.3. The number of hydrogen-bond acceptors (Lipinski definition) is 5. The number of para-hydroxylation sites is 1. The van der Waals surface area contributed by atoms with Gasteiger partial charge in [-0.05, 0) is 24.3 Å². The van der Waals surface area contributed by atoms with E-state index in [1.807, 2.05) is 24.3 Å². The van der Waals surface area contributed by atoms with Gasteiger partial charge in [-0.15, -0.1) is 0 Å². The van der Waals surface area contributed by atoms with E-state index in [2.05, 4.69) is 25.1 Å². The normalized spacial score (nSPS) is 11.7. The highest BCUT2D eigenvalue weighted by molar-refractivity contribution is 6.00. The minimum atomic E-state index is -4.57. The van der Waals surface area contributed by atoms with Crippen LogP contribution in [0.4, 0.5) is 19.0 Å². The summed E-state index contributed by atoms with van der Waals surface area (Å²) < 4.78 is 40.9. The highest BCUT2D eigenvalue weighted by Gasteiger charge is 2.34. The lowest BCUT2D eigenvalue weighted by molar-refractivity contribution is -0.137. The van der Waals surface area contributed by atoms with Crippen molar-refractivity contribution in [3.05, 3.63) is 78.6 Å². The van der Waals surface area contributed by atoms with Gasteiger partial charge in [-0.3, -0.25) is 10.1 Å². The second-order valence-corrected chi connectivity index (χ2v) is 7.05. The molecule has 5 rings (SSSR count). The lowest BCUT2D eigenvalue weighted by Crippen LogP contribution is -2.09. The maximum atomic E-state index is 13.6. The molecular formula is C23H15F3N6. The predicted molar refractivity (Wildman–Crippen MR) is 115 cm³/mol. The summed E-state index contributed by atoms with van der Waals surface area (Å²) in [5, 5.41) is 8.13. The lowest BCUT2D eigenvalue weighted by Gasteiger charge is -2.15. The molecule has 0 atom stereocenters. The molecule has 3 aromatic heterocycles. The standard InChI is InChI=1S/C23H15F3N6/c24-23(25,26)16-7-3-1-5-14(16)22-29-19(13-9-11-28-12-10-13)18(21(27)30-22)20-15-6-2-4-8-17(15)31-32-20/h1-12H,(H,31,32)(H2,27,29,30). The van der Waals surface area contributed by atoms with Crippen molar-refractivity contribution in [1.29, 1.82) is 0 Å². The molecule has 0 amide bonds. The minimum absolute atomic E-state index is 0.0241. The van der Waals surface area contributed by atoms with E-state index in [9.17, 15) is 13.2 Å². The predicted octanol–water partition coefficient (Wildman–Crippen LogP) is 5.35. The van der Waals surface area contributed by atoms with Crippen LogP contribution in [-0.4, -0.2) is 25.1 Å². The summed E-state index contributed by atoms with van der Waals surface area (Å²) >= 11 is 0. The molecule has 0 spiro atoms. The minimum Gasteiger partial charge on any atom is -0.383 e. The van der Waals surface area contributed by atoms with Crippen LogP contribution in [-0.2, 0) is 6.18 Å². The van der Waals surface area contributed by atoms with Gasteiger partial charge in [0.15, 0.2) is 5.82 Å². The van der Waals surface area contributed by atoms with Crippen LogP contribution < -0.4 is 5.73 Å². The molecule has 0 radical (unpaired) electrons. The summed E-state index contributed by atoms with van der Waals surface area (Å²) in [4.78, 5) is 12.8. The van der Waals surface area contributed by atoms with Crippen LogP contribution in [0.15, 0.2) is 73.1 Å². The Morgan fingerprint density at radius 1 is 0.812 bits per heavy atom. The number of aromatic nitrogens is 5. The Morgan fingerprint density at radius 2 is 1.53 bits per heavy atom. The Kier molecular flexibility index (Phi) is 4.58. The molecule has 6 nitrogen and oxygen atoms in total. The number of aromatic amines is 1. The molecule has 0 bridgehead atoms. The van der Waals surface area contributed by atoms with Gasteiger partial charge in [0.25, 0.3) is 0 Å². The number of benzene rings is 2. The number of H-pyrrole nitrogens is 1. The average Bonchev–Trinajstić information content (AvgIpc) is 3.22. The number of anilines is 1. The number of alkyl halides is 3. The van der Waals surface area contributed by atoms with Gasteiger partial charge in [0, 0.05) is 28.9 Å². The van der Waals surface area contributed by atoms with Gasteiger partial charge in [-0.25, -0.2) is 9.97 Å². The summed E-state index contributed by atoms with van der Waals surface area (Å²) in [7, 11) is 0. The van der Waals surface area contributed by atoms with Crippen molar-refractivity contribution in [1.82, 2.24) is 25.1 Å². The fourth-order valence-electron chi connectivity index (χ4n) is 3.63. The maximum absolute atomic E-state index is 13.6. The van der Waals surface area contributed by atoms with Crippen LogP contribution in [0.2, 0.25) is 0 Å². The van der Waals surface area contributed by atoms with E-state index in [0.29, 0.717) is 22.5 Å². The fraction of sp³-hybridized carbons (Fsp3) is 0.0435. The number of rotatable bonds is 3. The van der Waals surface area contributed by atoms with Gasteiger partial charge < -0.3 is 5.73 Å². The van der Waals surface area contributed by atoms with E-state index < -0.39 is 11.7 Å². The summed E-state index contributed by atoms with van der Waals surface area (Å²) in [5.41, 5.74) is 8.07. The molecule has 158 valence electrons. The van der Waals surface area contributed by atoms with Crippen molar-refractivity contribution in [3.8, 4) is 33.9 Å². The van der Waals surface area contributed by atoms with E-state index in [1.165, 1.54) is 18.2 Å². The van der Waals surface area contributed by atoms with Crippen LogP contribution in [0.25, 0.3) is 44.8 Å². The largest absolute Gasteiger partial charge is 0.417 e. The molecule has 2 aromatic carbocycles. The number of nitrogens with two attached hydrogens (primary N) is 1. The van der Waals surface area contributed by atoms with E-state index in [1.54, 1.807) is 24.5 Å². The third kappa shape index (κ3) is 3.33. The van der Waals surface area contributed by atoms with Crippen LogP contribution in [0.5, 0.6) is 0 Å². The lowest BCUT2D eigenvalue weighted by atomic mass is 10.0. The third-order valence-corrected chi connectivity index (χ3v) is 5.07. The van der Waals surface area contributed by atoms with E-state index in [-0.39, 0.29) is 17.2 Å². The average molecular weight is 432 g/mol. The number of pyridine rings is 1. The molecule has 0 saturated heterocycles. The van der Waals surface area contributed by atoms with Crippen molar-refractivity contribution < 1.29 is 13.2 Å². The number of nitrogens with zero attached hydrogens (tertiary/aromatic N) is 4. The second-order valence-electron chi connectivity index (χ2n) is 7.05. The summed E-state index contributed by atoms with van der Waals surface area (Å²) in [6.45, 7) is 0. The highest BCUT2D eigenvalue weighted by Crippen LogP contribution is 2.40. The van der Waals surface area contributed by atoms with Crippen LogP contribution >= 0.6 is 0 Å². The molecule has 3 N–H and O–H groups in total. The first kappa shape index (κ1) is 19.7. The van der Waals surface area contributed by atoms with E-state index in [0.717, 1.165) is 17.0 Å². The smallest absolute Gasteiger partial charge is 0.383 e. The first-order chi connectivity index (χ1) is 15.4. The monoisotopic (exact) mass is 432 g/mol. The molecule has 0 aliphatic rings. The van der Waals surface area contributed by atoms with E-state index in [4.69, 9.17) is 5.73 Å². The molecule has 32 heavy (non-hydrogen) atoms. The first-order valence-electron chi connectivity index (χ1n) is 9.61. The quantitative estimate of drug-likeness (QED) is 0.401. The van der Waals surface area contributed by atoms with Gasteiger partial charge in [0.05, 0.1) is 22.3 Å². The highest BCUT2D eigenvalue weighted by atomic mass is 19.4. The van der Waals surface area contributed by atoms with Gasteiger partial charge in [-0.2, -0.15) is 18.3 Å². The van der Waals surface area contributed by atoms with Crippen LogP contribution in [0.1, 0.15) is 5.56 Å². The van der Waals surface area contributed by atoms with E-state index >= 15 is 0 Å². The zero-order valence-electron chi connectivity index (χ0n) is 16.4. The van der Waals surface area contributed by atoms with Crippen molar-refractivity contribution in [3.63, 3.8) is 0 Å². The van der Waals surface area contributed by atoms with Gasteiger partial charge in [-0.1, -0.05) is 36.4 Å². The molecule has 0 aliphatic carbocycles. The number of halogens is 3. The number of nitrogens with one attached hydrogen (secondary N) is 1. The maximum Gasteiger partial charge on any atom is 0.417 e. The molecule has 3 heterocycles. The van der Waals surface area contributed by atoms with Gasteiger partial charge >= 0.3 is 6.18 Å². The molecule has 0 aliphatic heterocycles. The molecular weight excluding hydrogens is 417 g/mol. The van der Waals surface area contributed by atoms with Gasteiger partial charge in [0.1, 0.15) is 11.5 Å². The number of hydrogen-bond donors (Lipinski definition) is 2. The van der Waals surface area contributed by atoms with Crippen molar-refractivity contribution in [2.24, 2.45) is 0 Å².